The van der Waals surface area contributed by atoms with E-state index in [2.05, 4.69) is 10.1 Å². The molecule has 0 aliphatic heterocycles. The van der Waals surface area contributed by atoms with E-state index in [1.54, 1.807) is 23.9 Å². The summed E-state index contributed by atoms with van der Waals surface area (Å²) in [7, 11) is 0. The van der Waals surface area contributed by atoms with E-state index in [1.807, 2.05) is 19.9 Å². The minimum absolute atomic E-state index is 0.415. The number of amides is 1. The van der Waals surface area contributed by atoms with Crippen LogP contribution in [0.3, 0.4) is 0 Å². The molecule has 0 spiro atoms. The Labute approximate surface area is 99.3 Å². The molecule has 0 aliphatic rings. The van der Waals surface area contributed by atoms with E-state index in [1.165, 1.54) is 0 Å². The highest BCUT2D eigenvalue weighted by molar-refractivity contribution is 5.97. The van der Waals surface area contributed by atoms with E-state index in [0.717, 1.165) is 11.4 Å². The number of aryl methyl sites for hydroxylation is 3. The number of hydrogen-bond donors (Lipinski definition) is 1. The lowest BCUT2D eigenvalue weighted by Gasteiger charge is -2.10. The van der Waals surface area contributed by atoms with Crippen LogP contribution in [-0.4, -0.2) is 20.7 Å². The molecule has 0 fully saturated rings. The zero-order valence-electron chi connectivity index (χ0n) is 10.1. The maximum atomic E-state index is 11.5. The third kappa shape index (κ3) is 2.04. The van der Waals surface area contributed by atoms with Crippen molar-refractivity contribution < 1.29 is 4.79 Å². The largest absolute Gasteiger partial charge is 0.365 e. The molecule has 5 nitrogen and oxygen atoms in total. The van der Waals surface area contributed by atoms with Crippen LogP contribution in [0, 0.1) is 20.8 Å². The lowest BCUT2D eigenvalue weighted by molar-refractivity contribution is 0.0999. The fourth-order valence-electron chi connectivity index (χ4n) is 1.84. The molecule has 0 radical (unpaired) electrons. The molecule has 0 saturated carbocycles. The smallest absolute Gasteiger partial charge is 0.252 e. The Hall–Kier alpha value is -2.17. The third-order valence-corrected chi connectivity index (χ3v) is 2.52. The molecule has 0 bridgehead atoms. The van der Waals surface area contributed by atoms with E-state index in [0.29, 0.717) is 16.9 Å². The van der Waals surface area contributed by atoms with Crippen molar-refractivity contribution in [1.82, 2.24) is 14.8 Å². The van der Waals surface area contributed by atoms with Gasteiger partial charge in [0.1, 0.15) is 0 Å². The van der Waals surface area contributed by atoms with Gasteiger partial charge in [-0.3, -0.25) is 9.78 Å². The van der Waals surface area contributed by atoms with Crippen molar-refractivity contribution in [2.75, 3.05) is 0 Å². The third-order valence-electron chi connectivity index (χ3n) is 2.52. The van der Waals surface area contributed by atoms with Crippen molar-refractivity contribution in [2.24, 2.45) is 5.73 Å². The Morgan fingerprint density at radius 3 is 2.53 bits per heavy atom. The molecular weight excluding hydrogens is 216 g/mol. The number of pyridine rings is 1. The molecule has 5 heteroatoms. The van der Waals surface area contributed by atoms with Crippen molar-refractivity contribution in [3.63, 3.8) is 0 Å². The molecule has 1 amide bonds. The maximum absolute atomic E-state index is 11.5. The minimum atomic E-state index is -0.488. The average Bonchev–Trinajstić information content (AvgIpc) is 2.62. The highest BCUT2D eigenvalue weighted by Crippen LogP contribution is 2.17. The highest BCUT2D eigenvalue weighted by atomic mass is 16.1. The summed E-state index contributed by atoms with van der Waals surface area (Å²) in [4.78, 5) is 15.7. The van der Waals surface area contributed by atoms with Crippen LogP contribution in [0.2, 0.25) is 0 Å². The van der Waals surface area contributed by atoms with Crippen LogP contribution in [0.25, 0.3) is 5.69 Å². The van der Waals surface area contributed by atoms with Crippen molar-refractivity contribution in [1.29, 1.82) is 0 Å². The Balaban J connectivity index is 2.71. The van der Waals surface area contributed by atoms with E-state index >= 15 is 0 Å². The lowest BCUT2D eigenvalue weighted by Crippen LogP contribution is -2.18. The van der Waals surface area contributed by atoms with Crippen molar-refractivity contribution in [2.45, 2.75) is 20.8 Å². The number of aromatic nitrogens is 3. The predicted molar refractivity (Wildman–Crippen MR) is 64.1 cm³/mol. The molecule has 17 heavy (non-hydrogen) atoms. The molecule has 0 unspecified atom stereocenters. The first kappa shape index (κ1) is 11.3. The molecule has 88 valence electrons. The Kier molecular flexibility index (Phi) is 2.67. The predicted octanol–water partition coefficient (Wildman–Crippen LogP) is 1.29. The summed E-state index contributed by atoms with van der Waals surface area (Å²) in [6.07, 6.45) is 1.80. The number of hydrogen-bond acceptors (Lipinski definition) is 3. The van der Waals surface area contributed by atoms with Gasteiger partial charge in [0.2, 0.25) is 0 Å². The summed E-state index contributed by atoms with van der Waals surface area (Å²) < 4.78 is 1.65. The van der Waals surface area contributed by atoms with Crippen LogP contribution < -0.4 is 5.73 Å². The highest BCUT2D eigenvalue weighted by Gasteiger charge is 2.15. The number of rotatable bonds is 2. The van der Waals surface area contributed by atoms with Crippen molar-refractivity contribution in [3.8, 4) is 5.69 Å². The average molecular weight is 230 g/mol. The minimum Gasteiger partial charge on any atom is -0.365 e. The molecule has 0 aromatic carbocycles. The van der Waals surface area contributed by atoms with E-state index in [9.17, 15) is 4.79 Å². The van der Waals surface area contributed by atoms with Crippen LogP contribution in [0.5, 0.6) is 0 Å². The molecule has 2 aromatic rings. The van der Waals surface area contributed by atoms with Crippen LogP contribution >= 0.6 is 0 Å². The topological polar surface area (TPSA) is 73.8 Å². The second-order valence-corrected chi connectivity index (χ2v) is 4.01. The first-order chi connectivity index (χ1) is 7.99. The lowest BCUT2D eigenvalue weighted by atomic mass is 10.1. The fraction of sp³-hybridized carbons (Fsp3) is 0.250. The van der Waals surface area contributed by atoms with Gasteiger partial charge in [0.05, 0.1) is 22.6 Å². The number of carbonyl (C=O) groups excluding carboxylic acids is 1. The first-order valence-electron chi connectivity index (χ1n) is 5.29. The standard InChI is InChI=1S/C12H14N4O/c1-7-4-5-16(15-7)10-6-8(2)14-9(3)11(10)12(13)17/h4-6H,1-3H3,(H2,13,17). The van der Waals surface area contributed by atoms with Crippen LogP contribution in [0.1, 0.15) is 27.4 Å². The van der Waals surface area contributed by atoms with Crippen LogP contribution in [-0.2, 0) is 0 Å². The normalized spacial score (nSPS) is 10.5. The monoisotopic (exact) mass is 230 g/mol. The summed E-state index contributed by atoms with van der Waals surface area (Å²) in [5.74, 6) is -0.488. The van der Waals surface area contributed by atoms with E-state index in [4.69, 9.17) is 5.73 Å². The van der Waals surface area contributed by atoms with Gasteiger partial charge in [0.25, 0.3) is 5.91 Å². The maximum Gasteiger partial charge on any atom is 0.252 e. The SMILES string of the molecule is Cc1cc(-n2ccc(C)n2)c(C(N)=O)c(C)n1. The van der Waals surface area contributed by atoms with Crippen molar-refractivity contribution >= 4 is 5.91 Å². The van der Waals surface area contributed by atoms with Gasteiger partial charge in [-0.2, -0.15) is 5.10 Å². The number of carbonyl (C=O) groups is 1. The van der Waals surface area contributed by atoms with Crippen molar-refractivity contribution in [3.05, 3.63) is 41.0 Å². The van der Waals surface area contributed by atoms with Gasteiger partial charge in [0.15, 0.2) is 0 Å². The van der Waals surface area contributed by atoms with Gasteiger partial charge in [-0.15, -0.1) is 0 Å². The van der Waals surface area contributed by atoms with Gasteiger partial charge in [-0.05, 0) is 32.9 Å². The van der Waals surface area contributed by atoms with Gasteiger partial charge in [0, 0.05) is 11.9 Å². The summed E-state index contributed by atoms with van der Waals surface area (Å²) >= 11 is 0. The molecule has 2 aromatic heterocycles. The second-order valence-electron chi connectivity index (χ2n) is 4.01. The zero-order chi connectivity index (χ0) is 12.6. The van der Waals surface area contributed by atoms with Gasteiger partial charge in [-0.25, -0.2) is 4.68 Å². The van der Waals surface area contributed by atoms with Crippen LogP contribution in [0.15, 0.2) is 18.3 Å². The van der Waals surface area contributed by atoms with Crippen LogP contribution in [0.4, 0.5) is 0 Å². The Morgan fingerprint density at radius 2 is 2.00 bits per heavy atom. The Morgan fingerprint density at radius 1 is 1.29 bits per heavy atom. The number of nitrogens with zero attached hydrogens (tertiary/aromatic N) is 3. The number of nitrogens with two attached hydrogens (primary N) is 1. The molecule has 0 aliphatic carbocycles. The quantitative estimate of drug-likeness (QED) is 0.844. The molecule has 2 N–H and O–H groups in total. The first-order valence-corrected chi connectivity index (χ1v) is 5.29. The fourth-order valence-corrected chi connectivity index (χ4v) is 1.84. The zero-order valence-corrected chi connectivity index (χ0v) is 10.1. The molecule has 2 heterocycles. The number of primary amides is 1. The molecular formula is C12H14N4O. The summed E-state index contributed by atoms with van der Waals surface area (Å²) in [6, 6.07) is 3.68. The molecule has 0 atom stereocenters. The summed E-state index contributed by atoms with van der Waals surface area (Å²) in [5, 5.41) is 4.29. The van der Waals surface area contributed by atoms with E-state index < -0.39 is 5.91 Å². The van der Waals surface area contributed by atoms with Gasteiger partial charge in [-0.1, -0.05) is 0 Å². The second kappa shape index (κ2) is 4.01. The van der Waals surface area contributed by atoms with E-state index in [-0.39, 0.29) is 0 Å². The van der Waals surface area contributed by atoms with Gasteiger partial charge < -0.3 is 5.73 Å². The summed E-state index contributed by atoms with van der Waals surface area (Å²) in [6.45, 7) is 5.53. The van der Waals surface area contributed by atoms with Gasteiger partial charge >= 0.3 is 0 Å². The molecule has 0 saturated heterocycles. The Bertz CT molecular complexity index is 586. The molecule has 2 rings (SSSR count). The summed E-state index contributed by atoms with van der Waals surface area (Å²) in [5.41, 5.74) is 8.82.